The van der Waals surface area contributed by atoms with Crippen molar-refractivity contribution in [3.63, 3.8) is 0 Å². The van der Waals surface area contributed by atoms with Crippen LogP contribution >= 0.6 is 0 Å². The standard InChI is InChI=1S/C21H25NO4/c1-15-20(26-17-11-6-3-7-12-17)19(25-16-9-4-2-5-10-16)14-8-13-18(22)21(23)24-15/h2-7,9-12,15,18-20H,8,13-14,22H2,1H3/t15-,18-,19-,20-/m0/s1. The van der Waals surface area contributed by atoms with E-state index in [1.807, 2.05) is 67.6 Å². The van der Waals surface area contributed by atoms with Gasteiger partial charge in [0.05, 0.1) is 0 Å². The Labute approximate surface area is 154 Å². The molecule has 138 valence electrons. The molecule has 5 nitrogen and oxygen atoms in total. The number of nitrogens with two attached hydrogens (primary N) is 1. The first-order chi connectivity index (χ1) is 12.6. The second kappa shape index (κ2) is 8.72. The van der Waals surface area contributed by atoms with Crippen LogP contribution in [0.25, 0.3) is 0 Å². The molecular weight excluding hydrogens is 330 g/mol. The number of hydrogen-bond donors (Lipinski definition) is 1. The zero-order valence-electron chi connectivity index (χ0n) is 14.9. The Morgan fingerprint density at radius 2 is 1.50 bits per heavy atom. The highest BCUT2D eigenvalue weighted by Gasteiger charge is 2.35. The van der Waals surface area contributed by atoms with Crippen LogP contribution in [0, 0.1) is 0 Å². The molecular formula is C21H25NO4. The maximum atomic E-state index is 12.1. The number of para-hydroxylation sites is 2. The maximum Gasteiger partial charge on any atom is 0.323 e. The summed E-state index contributed by atoms with van der Waals surface area (Å²) in [5.74, 6) is 1.09. The van der Waals surface area contributed by atoms with Crippen molar-refractivity contribution in [3.8, 4) is 11.5 Å². The van der Waals surface area contributed by atoms with Crippen LogP contribution < -0.4 is 15.2 Å². The number of rotatable bonds is 4. The molecule has 0 amide bonds. The summed E-state index contributed by atoms with van der Waals surface area (Å²) in [6, 6.07) is 18.5. The molecule has 1 aliphatic heterocycles. The molecule has 2 N–H and O–H groups in total. The molecule has 1 heterocycles. The molecule has 1 saturated heterocycles. The molecule has 1 fully saturated rings. The number of cyclic esters (lactones) is 1. The molecule has 4 atom stereocenters. The van der Waals surface area contributed by atoms with Gasteiger partial charge in [-0.1, -0.05) is 36.4 Å². The van der Waals surface area contributed by atoms with Crippen molar-refractivity contribution in [2.24, 2.45) is 5.73 Å². The Hall–Kier alpha value is -2.53. The number of esters is 1. The molecule has 3 rings (SSSR count). The highest BCUT2D eigenvalue weighted by molar-refractivity contribution is 5.75. The van der Waals surface area contributed by atoms with Crippen LogP contribution in [-0.2, 0) is 9.53 Å². The lowest BCUT2D eigenvalue weighted by atomic mass is 10.0. The summed E-state index contributed by atoms with van der Waals surface area (Å²) in [5.41, 5.74) is 5.92. The van der Waals surface area contributed by atoms with Gasteiger partial charge in [-0.25, -0.2) is 0 Å². The molecule has 0 radical (unpaired) electrons. The summed E-state index contributed by atoms with van der Waals surface area (Å²) < 4.78 is 18.0. The lowest BCUT2D eigenvalue weighted by molar-refractivity contribution is -0.156. The average molecular weight is 355 g/mol. The Kier molecular flexibility index (Phi) is 6.12. The average Bonchev–Trinajstić information content (AvgIpc) is 2.70. The largest absolute Gasteiger partial charge is 0.486 e. The van der Waals surface area contributed by atoms with Gasteiger partial charge in [0.15, 0.2) is 6.10 Å². The minimum Gasteiger partial charge on any atom is -0.486 e. The first kappa shape index (κ1) is 18.3. The molecule has 5 heteroatoms. The number of benzene rings is 2. The Balaban J connectivity index is 1.85. The summed E-state index contributed by atoms with van der Waals surface area (Å²) in [6.45, 7) is 1.82. The summed E-state index contributed by atoms with van der Waals surface area (Å²) in [6.07, 6.45) is 0.868. The highest BCUT2D eigenvalue weighted by Crippen LogP contribution is 2.25. The number of carbonyl (C=O) groups excluding carboxylic acids is 1. The van der Waals surface area contributed by atoms with Crippen molar-refractivity contribution in [3.05, 3.63) is 60.7 Å². The SMILES string of the molecule is C[C@@H]1OC(=O)[C@@H](N)CCC[C@H](Oc2ccccc2)[C@H]1Oc1ccccc1. The van der Waals surface area contributed by atoms with Gasteiger partial charge < -0.3 is 19.9 Å². The van der Waals surface area contributed by atoms with Crippen LogP contribution in [0.4, 0.5) is 0 Å². The quantitative estimate of drug-likeness (QED) is 0.852. The second-order valence-electron chi connectivity index (χ2n) is 6.54. The van der Waals surface area contributed by atoms with Crippen LogP contribution in [0.1, 0.15) is 26.2 Å². The number of hydrogen-bond acceptors (Lipinski definition) is 5. The zero-order valence-corrected chi connectivity index (χ0v) is 14.9. The van der Waals surface area contributed by atoms with Gasteiger partial charge >= 0.3 is 5.97 Å². The van der Waals surface area contributed by atoms with E-state index in [1.165, 1.54) is 0 Å². The monoisotopic (exact) mass is 355 g/mol. The van der Waals surface area contributed by atoms with Gasteiger partial charge in [-0.3, -0.25) is 4.79 Å². The molecule has 1 aliphatic rings. The van der Waals surface area contributed by atoms with Crippen molar-refractivity contribution in [1.29, 1.82) is 0 Å². The van der Waals surface area contributed by atoms with E-state index in [1.54, 1.807) is 0 Å². The van der Waals surface area contributed by atoms with Crippen molar-refractivity contribution in [2.75, 3.05) is 0 Å². The van der Waals surface area contributed by atoms with E-state index in [0.29, 0.717) is 12.2 Å². The molecule has 0 unspecified atom stereocenters. The second-order valence-corrected chi connectivity index (χ2v) is 6.54. The molecule has 2 aromatic rings. The molecule has 0 spiro atoms. The molecule has 2 aromatic carbocycles. The summed E-state index contributed by atoms with van der Waals surface area (Å²) in [4.78, 5) is 12.1. The minimum atomic E-state index is -0.606. The van der Waals surface area contributed by atoms with Gasteiger partial charge in [0.1, 0.15) is 29.7 Å². The van der Waals surface area contributed by atoms with E-state index in [-0.39, 0.29) is 12.1 Å². The third kappa shape index (κ3) is 4.76. The normalized spacial score (nSPS) is 26.8. The Bertz CT molecular complexity index is 692. The summed E-state index contributed by atoms with van der Waals surface area (Å²) >= 11 is 0. The van der Waals surface area contributed by atoms with E-state index in [4.69, 9.17) is 19.9 Å². The predicted molar refractivity (Wildman–Crippen MR) is 99.1 cm³/mol. The molecule has 0 saturated carbocycles. The maximum absolute atomic E-state index is 12.1. The van der Waals surface area contributed by atoms with Crippen LogP contribution in [-0.4, -0.2) is 30.3 Å². The van der Waals surface area contributed by atoms with Gasteiger partial charge in [-0.05, 0) is 50.5 Å². The van der Waals surface area contributed by atoms with Crippen LogP contribution in [0.15, 0.2) is 60.7 Å². The third-order valence-electron chi connectivity index (χ3n) is 4.48. The molecule has 0 aromatic heterocycles. The van der Waals surface area contributed by atoms with E-state index in [0.717, 1.165) is 18.6 Å². The lowest BCUT2D eigenvalue weighted by Crippen LogP contribution is -2.46. The molecule has 26 heavy (non-hydrogen) atoms. The first-order valence-electron chi connectivity index (χ1n) is 9.03. The van der Waals surface area contributed by atoms with Gasteiger partial charge in [0.25, 0.3) is 0 Å². The van der Waals surface area contributed by atoms with E-state index < -0.39 is 18.2 Å². The van der Waals surface area contributed by atoms with Crippen LogP contribution in [0.3, 0.4) is 0 Å². The highest BCUT2D eigenvalue weighted by atomic mass is 16.6. The van der Waals surface area contributed by atoms with E-state index >= 15 is 0 Å². The first-order valence-corrected chi connectivity index (χ1v) is 9.03. The van der Waals surface area contributed by atoms with E-state index in [2.05, 4.69) is 0 Å². The van der Waals surface area contributed by atoms with Crippen LogP contribution in [0.2, 0.25) is 0 Å². The van der Waals surface area contributed by atoms with Gasteiger partial charge in [0, 0.05) is 0 Å². The predicted octanol–water partition coefficient (Wildman–Crippen LogP) is 3.32. The zero-order chi connectivity index (χ0) is 18.4. The van der Waals surface area contributed by atoms with Gasteiger partial charge in [-0.2, -0.15) is 0 Å². The Morgan fingerprint density at radius 3 is 2.12 bits per heavy atom. The van der Waals surface area contributed by atoms with Crippen molar-refractivity contribution < 1.29 is 19.0 Å². The number of ether oxygens (including phenoxy) is 3. The topological polar surface area (TPSA) is 70.8 Å². The number of carbonyl (C=O) groups is 1. The van der Waals surface area contributed by atoms with Gasteiger partial charge in [-0.15, -0.1) is 0 Å². The van der Waals surface area contributed by atoms with Crippen molar-refractivity contribution in [2.45, 2.75) is 50.5 Å². The fourth-order valence-electron chi connectivity index (χ4n) is 3.09. The van der Waals surface area contributed by atoms with Gasteiger partial charge in [0.2, 0.25) is 0 Å². The smallest absolute Gasteiger partial charge is 0.323 e. The van der Waals surface area contributed by atoms with Crippen molar-refractivity contribution >= 4 is 5.97 Å². The summed E-state index contributed by atoms with van der Waals surface area (Å²) in [7, 11) is 0. The van der Waals surface area contributed by atoms with Crippen LogP contribution in [0.5, 0.6) is 11.5 Å². The van der Waals surface area contributed by atoms with Crippen molar-refractivity contribution in [1.82, 2.24) is 0 Å². The Morgan fingerprint density at radius 1 is 0.923 bits per heavy atom. The molecule has 0 aliphatic carbocycles. The lowest BCUT2D eigenvalue weighted by Gasteiger charge is -2.31. The third-order valence-corrected chi connectivity index (χ3v) is 4.48. The van der Waals surface area contributed by atoms with E-state index in [9.17, 15) is 4.79 Å². The minimum absolute atomic E-state index is 0.259. The fraction of sp³-hybridized carbons (Fsp3) is 0.381. The molecule has 0 bridgehead atoms. The summed E-state index contributed by atoms with van der Waals surface area (Å²) in [5, 5.41) is 0. The fourth-order valence-corrected chi connectivity index (χ4v) is 3.09.